The van der Waals surface area contributed by atoms with E-state index in [0.717, 1.165) is 41.8 Å². The van der Waals surface area contributed by atoms with E-state index in [0.29, 0.717) is 27.9 Å². The SMILES string of the molecule is CN(C(=O)C1CN(S(C)(=O)=O)C1)[C@@H](c1ccc(N2CCCc3c2cnc2cc(Cl)nn32)cc1)C(F)(F)F. The second-order valence-electron chi connectivity index (χ2n) is 9.34. The van der Waals surface area contributed by atoms with Crippen LogP contribution in [-0.2, 0) is 21.2 Å². The number of fused-ring (bicyclic) bond motifs is 3. The highest BCUT2D eigenvalue weighted by atomic mass is 35.5. The van der Waals surface area contributed by atoms with Gasteiger partial charge in [0.2, 0.25) is 15.9 Å². The minimum atomic E-state index is -4.72. The van der Waals surface area contributed by atoms with Crippen LogP contribution < -0.4 is 4.90 Å². The summed E-state index contributed by atoms with van der Waals surface area (Å²) >= 11 is 6.04. The molecule has 1 fully saturated rings. The fourth-order valence-corrected chi connectivity index (χ4v) is 6.02. The molecule has 0 aliphatic carbocycles. The van der Waals surface area contributed by atoms with E-state index in [-0.39, 0.29) is 18.7 Å². The van der Waals surface area contributed by atoms with Crippen LogP contribution >= 0.6 is 11.6 Å². The van der Waals surface area contributed by atoms with Crippen molar-refractivity contribution in [3.05, 3.63) is 52.9 Å². The lowest BCUT2D eigenvalue weighted by molar-refractivity contribution is -0.191. The first kappa shape index (κ1) is 25.7. The van der Waals surface area contributed by atoms with E-state index in [4.69, 9.17) is 11.6 Å². The molecule has 5 rings (SSSR count). The van der Waals surface area contributed by atoms with Gasteiger partial charge in [-0.05, 0) is 30.5 Å². The molecule has 0 unspecified atom stereocenters. The number of halogens is 4. The Morgan fingerprint density at radius 2 is 1.89 bits per heavy atom. The molecular weight excluding hydrogens is 533 g/mol. The molecule has 1 atom stereocenters. The molecule has 2 aromatic heterocycles. The van der Waals surface area contributed by atoms with Gasteiger partial charge >= 0.3 is 6.18 Å². The Morgan fingerprint density at radius 1 is 1.22 bits per heavy atom. The number of anilines is 2. The van der Waals surface area contributed by atoms with Gasteiger partial charge in [-0.3, -0.25) is 4.79 Å². The predicted octanol–water partition coefficient (Wildman–Crippen LogP) is 3.42. The largest absolute Gasteiger partial charge is 0.413 e. The molecule has 1 amide bonds. The highest BCUT2D eigenvalue weighted by Crippen LogP contribution is 2.40. The van der Waals surface area contributed by atoms with Gasteiger partial charge in [-0.15, -0.1) is 0 Å². The number of hydrogen-bond donors (Lipinski definition) is 0. The number of amides is 1. The summed E-state index contributed by atoms with van der Waals surface area (Å²) in [6.45, 7) is 0.402. The Morgan fingerprint density at radius 3 is 2.51 bits per heavy atom. The van der Waals surface area contributed by atoms with Crippen LogP contribution in [-0.4, -0.2) is 77.2 Å². The van der Waals surface area contributed by atoms with E-state index in [1.165, 1.54) is 12.1 Å². The van der Waals surface area contributed by atoms with Crippen molar-refractivity contribution < 1.29 is 26.4 Å². The van der Waals surface area contributed by atoms with Crippen molar-refractivity contribution in [3.8, 4) is 0 Å². The Balaban J connectivity index is 1.40. The molecule has 0 spiro atoms. The highest BCUT2D eigenvalue weighted by Gasteiger charge is 2.48. The van der Waals surface area contributed by atoms with Gasteiger partial charge in [0.05, 0.1) is 29.8 Å². The Hall–Kier alpha value is -2.90. The molecule has 14 heteroatoms. The van der Waals surface area contributed by atoms with Crippen molar-refractivity contribution in [1.82, 2.24) is 23.8 Å². The molecular formula is C23H24ClF3N6O3S. The van der Waals surface area contributed by atoms with Crippen LogP contribution in [0.5, 0.6) is 0 Å². The lowest BCUT2D eigenvalue weighted by Crippen LogP contribution is -2.56. The number of aryl methyl sites for hydroxylation is 1. The molecule has 0 bridgehead atoms. The van der Waals surface area contributed by atoms with E-state index < -0.39 is 34.1 Å². The van der Waals surface area contributed by atoms with E-state index in [1.54, 1.807) is 28.9 Å². The normalized spacial score (nSPS) is 17.9. The fraction of sp³-hybridized carbons (Fsp3) is 0.435. The third-order valence-corrected chi connectivity index (χ3v) is 8.27. The summed E-state index contributed by atoms with van der Waals surface area (Å²) in [5.41, 5.74) is 2.92. The van der Waals surface area contributed by atoms with Crippen LogP contribution in [0.15, 0.2) is 36.5 Å². The van der Waals surface area contributed by atoms with Gasteiger partial charge in [0.25, 0.3) is 0 Å². The molecule has 1 saturated heterocycles. The topological polar surface area (TPSA) is 91.1 Å². The maximum atomic E-state index is 14.1. The smallest absolute Gasteiger partial charge is 0.339 e. The summed E-state index contributed by atoms with van der Waals surface area (Å²) in [5.74, 6) is -1.56. The quantitative estimate of drug-likeness (QED) is 0.478. The molecule has 0 N–H and O–H groups in total. The van der Waals surface area contributed by atoms with Crippen molar-refractivity contribution in [2.75, 3.05) is 37.8 Å². The number of benzene rings is 1. The molecule has 4 heterocycles. The molecule has 0 saturated carbocycles. The molecule has 1 aromatic carbocycles. The zero-order chi connectivity index (χ0) is 26.7. The van der Waals surface area contributed by atoms with Gasteiger partial charge in [0, 0.05) is 38.4 Å². The minimum absolute atomic E-state index is 0.0870. The monoisotopic (exact) mass is 556 g/mol. The summed E-state index contributed by atoms with van der Waals surface area (Å²) < 4.78 is 68.3. The minimum Gasteiger partial charge on any atom is -0.339 e. The summed E-state index contributed by atoms with van der Waals surface area (Å²) in [5, 5.41) is 4.62. The number of alkyl halides is 3. The predicted molar refractivity (Wildman–Crippen MR) is 131 cm³/mol. The van der Waals surface area contributed by atoms with Crippen LogP contribution in [0.1, 0.15) is 23.7 Å². The number of carbonyl (C=O) groups is 1. The average molecular weight is 557 g/mol. The first-order valence-electron chi connectivity index (χ1n) is 11.5. The van der Waals surface area contributed by atoms with Crippen molar-refractivity contribution in [2.24, 2.45) is 5.92 Å². The zero-order valence-corrected chi connectivity index (χ0v) is 21.6. The maximum Gasteiger partial charge on any atom is 0.413 e. The molecule has 2 aliphatic rings. The molecule has 9 nitrogen and oxygen atoms in total. The number of nitrogens with zero attached hydrogens (tertiary/aromatic N) is 6. The van der Waals surface area contributed by atoms with Gasteiger partial charge in [0.15, 0.2) is 16.8 Å². The number of rotatable bonds is 5. The average Bonchev–Trinajstić information content (AvgIpc) is 3.17. The summed E-state index contributed by atoms with van der Waals surface area (Å²) in [4.78, 5) is 19.8. The van der Waals surface area contributed by atoms with Crippen LogP contribution in [0, 0.1) is 5.92 Å². The fourth-order valence-electron chi connectivity index (χ4n) is 4.95. The van der Waals surface area contributed by atoms with E-state index in [2.05, 4.69) is 10.1 Å². The lowest BCUT2D eigenvalue weighted by atomic mass is 9.98. The Bertz CT molecular complexity index is 1450. The second-order valence-corrected chi connectivity index (χ2v) is 11.7. The first-order chi connectivity index (χ1) is 17.3. The maximum absolute atomic E-state index is 14.1. The molecule has 2 aliphatic heterocycles. The van der Waals surface area contributed by atoms with Crippen LogP contribution in [0.25, 0.3) is 5.65 Å². The number of carbonyl (C=O) groups excluding carboxylic acids is 1. The van der Waals surface area contributed by atoms with Crippen LogP contribution in [0.4, 0.5) is 24.5 Å². The Kier molecular flexibility index (Phi) is 6.35. The van der Waals surface area contributed by atoms with Gasteiger partial charge in [-0.1, -0.05) is 23.7 Å². The van der Waals surface area contributed by atoms with Gasteiger partial charge in [-0.2, -0.15) is 18.3 Å². The van der Waals surface area contributed by atoms with Crippen LogP contribution in [0.3, 0.4) is 0 Å². The molecule has 37 heavy (non-hydrogen) atoms. The third-order valence-electron chi connectivity index (χ3n) is 6.85. The van der Waals surface area contributed by atoms with E-state index in [1.807, 2.05) is 4.90 Å². The number of sulfonamides is 1. The van der Waals surface area contributed by atoms with Gasteiger partial charge < -0.3 is 9.80 Å². The number of hydrogen-bond acceptors (Lipinski definition) is 6. The van der Waals surface area contributed by atoms with E-state index in [9.17, 15) is 26.4 Å². The first-order valence-corrected chi connectivity index (χ1v) is 13.8. The van der Waals surface area contributed by atoms with Gasteiger partial charge in [-0.25, -0.2) is 22.2 Å². The zero-order valence-electron chi connectivity index (χ0n) is 20.0. The standard InChI is InChI=1S/C23H24ClF3N6O3S/c1-30(22(34)15-12-31(13-15)37(2,35)36)21(23(25,26)27)14-5-7-16(8-6-14)32-9-3-4-17-18(32)11-28-20-10-19(24)29-33(17)20/h5-8,10-11,15,21H,3-4,9,12-13H2,1-2H3/t21-/m0/s1. The summed E-state index contributed by atoms with van der Waals surface area (Å²) in [6, 6.07) is 5.42. The molecule has 0 radical (unpaired) electrons. The van der Waals surface area contributed by atoms with Crippen molar-refractivity contribution in [3.63, 3.8) is 0 Å². The summed E-state index contributed by atoms with van der Waals surface area (Å²) in [7, 11) is -2.39. The third kappa shape index (κ3) is 4.75. The Labute approximate surface area is 216 Å². The lowest BCUT2D eigenvalue weighted by Gasteiger charge is -2.40. The molecule has 3 aromatic rings. The van der Waals surface area contributed by atoms with E-state index >= 15 is 0 Å². The van der Waals surface area contributed by atoms with Crippen molar-refractivity contribution >= 4 is 44.6 Å². The molecule has 198 valence electrons. The van der Waals surface area contributed by atoms with Crippen molar-refractivity contribution in [1.29, 1.82) is 0 Å². The summed E-state index contributed by atoms with van der Waals surface area (Å²) in [6.07, 6.45) is -0.458. The van der Waals surface area contributed by atoms with Crippen LogP contribution in [0.2, 0.25) is 5.15 Å². The second kappa shape index (κ2) is 9.14. The number of aromatic nitrogens is 3. The highest BCUT2D eigenvalue weighted by molar-refractivity contribution is 7.88. The van der Waals surface area contributed by atoms with Gasteiger partial charge in [0.1, 0.15) is 0 Å². The van der Waals surface area contributed by atoms with Crippen molar-refractivity contribution in [2.45, 2.75) is 25.1 Å².